The minimum atomic E-state index is 0. The topological polar surface area (TPSA) is 30.7 Å². The van der Waals surface area contributed by atoms with Crippen LogP contribution in [0.2, 0.25) is 0 Å². The van der Waals surface area contributed by atoms with E-state index in [-0.39, 0.29) is 20.1 Å². The Balaban J connectivity index is 0.000000204. The van der Waals surface area contributed by atoms with Gasteiger partial charge < -0.3 is 14.5 Å². The van der Waals surface area contributed by atoms with Crippen molar-refractivity contribution in [1.29, 1.82) is 0 Å². The van der Waals surface area contributed by atoms with Gasteiger partial charge in [-0.3, -0.25) is 0 Å². The zero-order chi connectivity index (χ0) is 30.2. The second kappa shape index (κ2) is 12.8. The number of nitrogens with zero attached hydrogens (tertiary/aromatic N) is 3. The minimum absolute atomic E-state index is 0. The molecule has 0 fully saturated rings. The van der Waals surface area contributed by atoms with Crippen molar-refractivity contribution in [2.75, 3.05) is 0 Å². The minimum Gasteiger partial charge on any atom is -0.327 e. The van der Waals surface area contributed by atoms with Gasteiger partial charge in [0.05, 0.1) is 11.0 Å². The molecule has 0 atom stereocenters. The molecule has 5 heteroatoms. The summed E-state index contributed by atoms with van der Waals surface area (Å²) < 4.78 is 5.02. The maximum Gasteiger partial charge on any atom is 0.0538 e. The molecule has 223 valence electrons. The average molecular weight is 786 g/mol. The number of aryl methyl sites for hydroxylation is 1. The van der Waals surface area contributed by atoms with Crippen LogP contribution in [-0.4, -0.2) is 14.5 Å². The fourth-order valence-corrected chi connectivity index (χ4v) is 7.16. The summed E-state index contributed by atoms with van der Waals surface area (Å²) in [6.45, 7) is 2.06. The van der Waals surface area contributed by atoms with E-state index in [1.54, 1.807) is 0 Å². The molecule has 0 aliphatic rings. The second-order valence-corrected chi connectivity index (χ2v) is 12.0. The standard InChI is InChI=1S/C29H17N2S.C12H10N.Ir/c1-3-13-26-21(10-1)23-17-24-22-11-2-4-14-28(22)32-29(24)18-27(23)31(26)20-9-7-8-19(16-20)25-12-5-6-15-30-25;1-10-6-5-9-13-12(10)11-7-3-2-4-8-11;/h1-7,9-18H;2-7,9H,1H3;/q2*-1;. The Labute approximate surface area is 285 Å². The third kappa shape index (κ3) is 5.43. The van der Waals surface area contributed by atoms with Crippen molar-refractivity contribution in [3.8, 4) is 28.2 Å². The van der Waals surface area contributed by atoms with E-state index in [4.69, 9.17) is 0 Å². The Morgan fingerprint density at radius 3 is 2.17 bits per heavy atom. The number of aromatic nitrogens is 3. The molecule has 4 aromatic heterocycles. The van der Waals surface area contributed by atoms with Gasteiger partial charge in [-0.2, -0.15) is 0 Å². The molecule has 0 saturated carbocycles. The van der Waals surface area contributed by atoms with Gasteiger partial charge in [0, 0.05) is 63.4 Å². The van der Waals surface area contributed by atoms with Crippen LogP contribution >= 0.6 is 11.3 Å². The molecular weight excluding hydrogens is 759 g/mol. The predicted molar refractivity (Wildman–Crippen MR) is 189 cm³/mol. The Hall–Kier alpha value is -4.93. The van der Waals surface area contributed by atoms with E-state index in [1.807, 2.05) is 78.3 Å². The van der Waals surface area contributed by atoms with E-state index in [0.29, 0.717) is 0 Å². The van der Waals surface area contributed by atoms with E-state index in [9.17, 15) is 0 Å². The number of pyridine rings is 2. The molecule has 9 aromatic rings. The van der Waals surface area contributed by atoms with Crippen molar-refractivity contribution in [1.82, 2.24) is 14.5 Å². The van der Waals surface area contributed by atoms with Crippen LogP contribution in [0.3, 0.4) is 0 Å². The Morgan fingerprint density at radius 2 is 1.35 bits per heavy atom. The number of hydrogen-bond donors (Lipinski definition) is 0. The zero-order valence-corrected chi connectivity index (χ0v) is 28.2. The average Bonchev–Trinajstić information content (AvgIpc) is 3.63. The summed E-state index contributed by atoms with van der Waals surface area (Å²) in [6.07, 6.45) is 3.64. The molecule has 0 N–H and O–H groups in total. The summed E-state index contributed by atoms with van der Waals surface area (Å²) >= 11 is 1.86. The first-order chi connectivity index (χ1) is 22.2. The molecule has 46 heavy (non-hydrogen) atoms. The van der Waals surface area contributed by atoms with Crippen molar-refractivity contribution >= 4 is 53.3 Å². The molecule has 0 saturated heterocycles. The molecule has 1 radical (unpaired) electrons. The number of benzene rings is 5. The largest absolute Gasteiger partial charge is 0.327 e. The van der Waals surface area contributed by atoms with E-state index in [2.05, 4.69) is 112 Å². The molecule has 0 bridgehead atoms. The molecule has 0 aliphatic carbocycles. The molecule has 3 nitrogen and oxygen atoms in total. The zero-order valence-electron chi connectivity index (χ0n) is 24.9. The number of fused-ring (bicyclic) bond motifs is 6. The molecule has 0 unspecified atom stereocenters. The molecular formula is C41H27IrN3S-2. The van der Waals surface area contributed by atoms with Gasteiger partial charge in [0.25, 0.3) is 0 Å². The normalized spacial score (nSPS) is 11.0. The third-order valence-corrected chi connectivity index (χ3v) is 9.26. The maximum absolute atomic E-state index is 4.52. The number of rotatable bonds is 3. The molecule has 4 heterocycles. The van der Waals surface area contributed by atoms with Crippen molar-refractivity contribution in [2.24, 2.45) is 0 Å². The first kappa shape index (κ1) is 29.8. The van der Waals surface area contributed by atoms with Gasteiger partial charge in [-0.25, -0.2) is 0 Å². The van der Waals surface area contributed by atoms with Crippen molar-refractivity contribution in [2.45, 2.75) is 6.92 Å². The number of para-hydroxylation sites is 1. The quantitative estimate of drug-likeness (QED) is 0.167. The van der Waals surface area contributed by atoms with Crippen LogP contribution in [0.25, 0.3) is 70.2 Å². The third-order valence-electron chi connectivity index (χ3n) is 8.13. The monoisotopic (exact) mass is 786 g/mol. The van der Waals surface area contributed by atoms with Crippen LogP contribution in [0, 0.1) is 19.1 Å². The van der Waals surface area contributed by atoms with Crippen molar-refractivity contribution in [3.63, 3.8) is 0 Å². The fraction of sp³-hybridized carbons (Fsp3) is 0.0244. The summed E-state index contributed by atoms with van der Waals surface area (Å²) in [5.41, 5.74) is 8.75. The molecule has 0 aliphatic heterocycles. The van der Waals surface area contributed by atoms with Gasteiger partial charge in [0.2, 0.25) is 0 Å². The van der Waals surface area contributed by atoms with E-state index in [1.165, 1.54) is 47.5 Å². The van der Waals surface area contributed by atoms with Gasteiger partial charge in [-0.1, -0.05) is 60.2 Å². The smallest absolute Gasteiger partial charge is 0.0538 e. The van der Waals surface area contributed by atoms with Crippen LogP contribution in [-0.2, 0) is 20.1 Å². The van der Waals surface area contributed by atoms with E-state index < -0.39 is 0 Å². The van der Waals surface area contributed by atoms with Crippen LogP contribution in [0.1, 0.15) is 5.56 Å². The van der Waals surface area contributed by atoms with Crippen LogP contribution in [0.15, 0.2) is 146 Å². The van der Waals surface area contributed by atoms with Crippen LogP contribution in [0.5, 0.6) is 0 Å². The van der Waals surface area contributed by atoms with Crippen molar-refractivity contribution in [3.05, 3.63) is 164 Å². The number of hydrogen-bond acceptors (Lipinski definition) is 3. The van der Waals surface area contributed by atoms with Gasteiger partial charge in [-0.05, 0) is 60.4 Å². The van der Waals surface area contributed by atoms with Gasteiger partial charge >= 0.3 is 0 Å². The first-order valence-electron chi connectivity index (χ1n) is 14.9. The summed E-state index contributed by atoms with van der Waals surface area (Å²) in [6, 6.07) is 52.8. The SMILES string of the molecule is Cc1cccnc1-c1[c-]cccc1.[Ir].[c-]1ccc(-n2c3ccccc3c3cc4c(cc32)sc2ccccc24)cc1-c1ccccn1. The van der Waals surface area contributed by atoms with Crippen LogP contribution in [0.4, 0.5) is 0 Å². The van der Waals surface area contributed by atoms with Gasteiger partial charge in [0.15, 0.2) is 0 Å². The molecule has 5 aromatic carbocycles. The van der Waals surface area contributed by atoms with Gasteiger partial charge in [0.1, 0.15) is 0 Å². The molecule has 9 rings (SSSR count). The second-order valence-electron chi connectivity index (χ2n) is 10.9. The maximum atomic E-state index is 4.52. The van der Waals surface area contributed by atoms with Crippen molar-refractivity contribution < 1.29 is 20.1 Å². The summed E-state index contributed by atoms with van der Waals surface area (Å²) in [5.74, 6) is 0. The summed E-state index contributed by atoms with van der Waals surface area (Å²) in [7, 11) is 0. The van der Waals surface area contributed by atoms with E-state index in [0.717, 1.165) is 28.2 Å². The predicted octanol–water partition coefficient (Wildman–Crippen LogP) is 10.9. The van der Waals surface area contributed by atoms with Crippen LogP contribution < -0.4 is 0 Å². The Bertz CT molecular complexity index is 2450. The van der Waals surface area contributed by atoms with Gasteiger partial charge in [-0.15, -0.1) is 77.1 Å². The fourth-order valence-electron chi connectivity index (χ4n) is 6.04. The molecule has 0 amide bonds. The first-order valence-corrected chi connectivity index (χ1v) is 15.7. The molecule has 0 spiro atoms. The summed E-state index contributed by atoms with van der Waals surface area (Å²) in [5, 5.41) is 5.21. The Morgan fingerprint density at radius 1 is 0.565 bits per heavy atom. The Kier molecular flexibility index (Phi) is 8.30. The summed E-state index contributed by atoms with van der Waals surface area (Å²) in [4.78, 5) is 8.84. The number of thiophene rings is 1. The van der Waals surface area contributed by atoms with E-state index >= 15 is 0 Å².